The SMILES string of the molecule is CCOc1ccc(-c2nn3c(=O)c(NC(=O)c4ccc(C)cc4)cnc3o2)cc1. The summed E-state index contributed by atoms with van der Waals surface area (Å²) in [6, 6.07) is 14.2. The number of aryl methyl sites for hydroxylation is 1. The van der Waals surface area contributed by atoms with E-state index < -0.39 is 11.5 Å². The van der Waals surface area contributed by atoms with Crippen LogP contribution in [-0.4, -0.2) is 27.1 Å². The van der Waals surface area contributed by atoms with Crippen LogP contribution >= 0.6 is 0 Å². The lowest BCUT2D eigenvalue weighted by Gasteiger charge is -2.04. The fraction of sp³-hybridized carbons (Fsp3) is 0.143. The van der Waals surface area contributed by atoms with E-state index in [1.165, 1.54) is 6.20 Å². The molecule has 0 aliphatic heterocycles. The van der Waals surface area contributed by atoms with Crippen molar-refractivity contribution in [1.82, 2.24) is 14.6 Å². The van der Waals surface area contributed by atoms with Crippen molar-refractivity contribution < 1.29 is 13.9 Å². The second-order valence-electron chi connectivity index (χ2n) is 6.36. The quantitative estimate of drug-likeness (QED) is 0.561. The highest BCUT2D eigenvalue weighted by Crippen LogP contribution is 2.22. The second-order valence-corrected chi connectivity index (χ2v) is 6.36. The fourth-order valence-corrected chi connectivity index (χ4v) is 2.75. The Morgan fingerprint density at radius 3 is 2.55 bits per heavy atom. The van der Waals surface area contributed by atoms with Gasteiger partial charge in [-0.2, -0.15) is 0 Å². The molecule has 0 radical (unpaired) electrons. The highest BCUT2D eigenvalue weighted by molar-refractivity contribution is 6.04. The average molecular weight is 390 g/mol. The molecule has 1 N–H and O–H groups in total. The van der Waals surface area contributed by atoms with Crippen molar-refractivity contribution >= 4 is 17.4 Å². The summed E-state index contributed by atoms with van der Waals surface area (Å²) < 4.78 is 12.0. The smallest absolute Gasteiger partial charge is 0.328 e. The number of nitrogens with zero attached hydrogens (tertiary/aromatic N) is 3. The molecular formula is C21H18N4O4. The molecular weight excluding hydrogens is 372 g/mol. The molecule has 8 nitrogen and oxygen atoms in total. The van der Waals surface area contributed by atoms with Crippen molar-refractivity contribution in [2.75, 3.05) is 11.9 Å². The Bertz CT molecular complexity index is 1220. The zero-order valence-corrected chi connectivity index (χ0v) is 15.9. The number of rotatable bonds is 5. The number of benzene rings is 2. The summed E-state index contributed by atoms with van der Waals surface area (Å²) in [7, 11) is 0. The number of amides is 1. The van der Waals surface area contributed by atoms with E-state index in [-0.39, 0.29) is 17.4 Å². The molecule has 2 heterocycles. The van der Waals surface area contributed by atoms with Gasteiger partial charge in [-0.05, 0) is 50.2 Å². The van der Waals surface area contributed by atoms with Crippen molar-refractivity contribution in [3.05, 3.63) is 76.2 Å². The molecule has 0 atom stereocenters. The van der Waals surface area contributed by atoms with Crippen LogP contribution in [0.3, 0.4) is 0 Å². The molecule has 0 unspecified atom stereocenters. The molecule has 0 saturated heterocycles. The average Bonchev–Trinajstić information content (AvgIpc) is 3.16. The van der Waals surface area contributed by atoms with E-state index in [1.807, 2.05) is 26.0 Å². The lowest BCUT2D eigenvalue weighted by molar-refractivity contribution is 0.102. The Balaban J connectivity index is 1.63. The van der Waals surface area contributed by atoms with Gasteiger partial charge in [-0.25, -0.2) is 4.98 Å². The molecule has 0 aliphatic carbocycles. The van der Waals surface area contributed by atoms with E-state index in [9.17, 15) is 9.59 Å². The van der Waals surface area contributed by atoms with E-state index in [4.69, 9.17) is 9.15 Å². The summed E-state index contributed by atoms with van der Waals surface area (Å²) in [6.45, 7) is 4.40. The lowest BCUT2D eigenvalue weighted by Crippen LogP contribution is -2.23. The molecule has 2 aromatic heterocycles. The molecule has 0 saturated carbocycles. The maximum Gasteiger partial charge on any atom is 0.328 e. The third kappa shape index (κ3) is 3.73. The minimum absolute atomic E-state index is 0.0135. The zero-order valence-electron chi connectivity index (χ0n) is 15.9. The maximum atomic E-state index is 12.7. The largest absolute Gasteiger partial charge is 0.494 e. The van der Waals surface area contributed by atoms with Crippen molar-refractivity contribution in [3.63, 3.8) is 0 Å². The predicted molar refractivity (Wildman–Crippen MR) is 107 cm³/mol. The van der Waals surface area contributed by atoms with Crippen LogP contribution in [0.4, 0.5) is 5.69 Å². The third-order valence-corrected chi connectivity index (χ3v) is 4.26. The van der Waals surface area contributed by atoms with Crippen LogP contribution in [0.15, 0.2) is 63.9 Å². The molecule has 146 valence electrons. The Morgan fingerprint density at radius 1 is 1.14 bits per heavy atom. The van der Waals surface area contributed by atoms with Gasteiger partial charge in [0.25, 0.3) is 5.91 Å². The van der Waals surface area contributed by atoms with Crippen molar-refractivity contribution in [2.24, 2.45) is 0 Å². The molecule has 0 fully saturated rings. The van der Waals surface area contributed by atoms with Gasteiger partial charge in [0.05, 0.1) is 12.8 Å². The first kappa shape index (κ1) is 18.4. The number of aromatic nitrogens is 3. The standard InChI is InChI=1S/C21H18N4O4/c1-3-28-16-10-8-15(9-11-16)19-24-25-20(27)17(12-22-21(25)29-19)23-18(26)14-6-4-13(2)5-7-14/h4-12H,3H2,1-2H3,(H,23,26). The highest BCUT2D eigenvalue weighted by atomic mass is 16.5. The van der Waals surface area contributed by atoms with E-state index in [0.717, 1.165) is 15.8 Å². The number of hydrogen-bond acceptors (Lipinski definition) is 6. The topological polar surface area (TPSA) is 98.7 Å². The first-order chi connectivity index (χ1) is 14.0. The van der Waals surface area contributed by atoms with E-state index in [0.29, 0.717) is 17.7 Å². The number of nitrogens with one attached hydrogen (secondary N) is 1. The van der Waals surface area contributed by atoms with Crippen LogP contribution in [0.2, 0.25) is 0 Å². The summed E-state index contributed by atoms with van der Waals surface area (Å²) in [5, 5.41) is 6.77. The van der Waals surface area contributed by atoms with E-state index in [1.54, 1.807) is 36.4 Å². The molecule has 8 heteroatoms. The molecule has 0 spiro atoms. The van der Waals surface area contributed by atoms with Crippen LogP contribution in [0.1, 0.15) is 22.8 Å². The summed E-state index contributed by atoms with van der Waals surface area (Å²) in [4.78, 5) is 29.2. The Morgan fingerprint density at radius 2 is 1.86 bits per heavy atom. The Kier molecular flexibility index (Phi) is 4.82. The number of carbonyl (C=O) groups excluding carboxylic acids is 1. The molecule has 2 aromatic carbocycles. The molecule has 29 heavy (non-hydrogen) atoms. The van der Waals surface area contributed by atoms with Gasteiger partial charge in [0.2, 0.25) is 5.89 Å². The van der Waals surface area contributed by atoms with Gasteiger partial charge >= 0.3 is 11.4 Å². The van der Waals surface area contributed by atoms with Crippen LogP contribution in [0, 0.1) is 6.92 Å². The minimum Gasteiger partial charge on any atom is -0.494 e. The van der Waals surface area contributed by atoms with Gasteiger partial charge in [-0.3, -0.25) is 9.59 Å². The highest BCUT2D eigenvalue weighted by Gasteiger charge is 2.15. The molecule has 0 bridgehead atoms. The number of ether oxygens (including phenoxy) is 1. The van der Waals surface area contributed by atoms with Crippen molar-refractivity contribution in [1.29, 1.82) is 0 Å². The van der Waals surface area contributed by atoms with E-state index in [2.05, 4.69) is 15.4 Å². The molecule has 4 aromatic rings. The summed E-state index contributed by atoms with van der Waals surface area (Å²) in [5.74, 6) is 0.592. The Hall–Kier alpha value is -3.94. The predicted octanol–water partition coefficient (Wildman–Crippen LogP) is 3.31. The minimum atomic E-state index is -0.531. The van der Waals surface area contributed by atoms with Crippen molar-refractivity contribution in [2.45, 2.75) is 13.8 Å². The summed E-state index contributed by atoms with van der Waals surface area (Å²) in [5.41, 5.74) is 1.63. The van der Waals surface area contributed by atoms with Gasteiger partial charge in [-0.1, -0.05) is 17.7 Å². The second kappa shape index (κ2) is 7.59. The van der Waals surface area contributed by atoms with Crippen LogP contribution in [-0.2, 0) is 0 Å². The zero-order chi connectivity index (χ0) is 20.4. The third-order valence-electron chi connectivity index (χ3n) is 4.26. The maximum absolute atomic E-state index is 12.7. The fourth-order valence-electron chi connectivity index (χ4n) is 2.75. The lowest BCUT2D eigenvalue weighted by atomic mass is 10.1. The summed E-state index contributed by atoms with van der Waals surface area (Å²) >= 11 is 0. The first-order valence-corrected chi connectivity index (χ1v) is 9.05. The van der Waals surface area contributed by atoms with Gasteiger partial charge in [-0.15, -0.1) is 9.61 Å². The van der Waals surface area contributed by atoms with Gasteiger partial charge in [0.1, 0.15) is 11.4 Å². The number of carbonyl (C=O) groups is 1. The normalized spacial score (nSPS) is 10.8. The van der Waals surface area contributed by atoms with Crippen LogP contribution in [0.5, 0.6) is 5.75 Å². The van der Waals surface area contributed by atoms with Gasteiger partial charge in [0, 0.05) is 11.1 Å². The first-order valence-electron chi connectivity index (χ1n) is 9.05. The van der Waals surface area contributed by atoms with Crippen molar-refractivity contribution in [3.8, 4) is 17.2 Å². The summed E-state index contributed by atoms with van der Waals surface area (Å²) in [6.07, 6.45) is 1.26. The monoisotopic (exact) mass is 390 g/mol. The van der Waals surface area contributed by atoms with E-state index >= 15 is 0 Å². The van der Waals surface area contributed by atoms with Crippen LogP contribution < -0.4 is 15.6 Å². The molecule has 0 aliphatic rings. The Labute approximate surface area is 165 Å². The molecule has 1 amide bonds. The van der Waals surface area contributed by atoms with Gasteiger partial charge in [0.15, 0.2) is 0 Å². The number of anilines is 1. The number of fused-ring (bicyclic) bond motifs is 1. The number of hydrogen-bond donors (Lipinski definition) is 1. The molecule has 4 rings (SSSR count). The van der Waals surface area contributed by atoms with Crippen LogP contribution in [0.25, 0.3) is 17.3 Å². The van der Waals surface area contributed by atoms with Gasteiger partial charge < -0.3 is 14.5 Å².